The van der Waals surface area contributed by atoms with Crippen molar-refractivity contribution in [2.75, 3.05) is 0 Å². The van der Waals surface area contributed by atoms with Crippen LogP contribution in [0.15, 0.2) is 30.3 Å². The molecule has 0 heterocycles. The molecule has 0 saturated heterocycles. The van der Waals surface area contributed by atoms with Crippen LogP contribution in [0, 0.1) is 0 Å². The lowest BCUT2D eigenvalue weighted by Crippen LogP contribution is -2.62. The van der Waals surface area contributed by atoms with Gasteiger partial charge in [-0.25, -0.2) is 0 Å². The third kappa shape index (κ3) is 2.99. The lowest BCUT2D eigenvalue weighted by atomic mass is 10.3. The minimum atomic E-state index is -1.60. The highest BCUT2D eigenvalue weighted by atomic mass is 16.5. The molecule has 1 aromatic rings. The van der Waals surface area contributed by atoms with Crippen LogP contribution >= 0.6 is 0 Å². The highest BCUT2D eigenvalue weighted by Crippen LogP contribution is 2.09. The first kappa shape index (κ1) is 8.00. The summed E-state index contributed by atoms with van der Waals surface area (Å²) in [5.74, 6) is -1.04. The first-order valence-electron chi connectivity index (χ1n) is 3.18. The Kier molecular flexibility index (Phi) is 2.09. The van der Waals surface area contributed by atoms with Gasteiger partial charge in [-0.2, -0.15) is 0 Å². The van der Waals surface area contributed by atoms with Crippen LogP contribution in [0.4, 0.5) is 0 Å². The van der Waals surface area contributed by atoms with E-state index in [0.717, 1.165) is 0 Å². The molecule has 4 heteroatoms. The summed E-state index contributed by atoms with van der Waals surface area (Å²) < 4.78 is 4.94. The second-order valence-electron chi connectivity index (χ2n) is 2.27. The van der Waals surface area contributed by atoms with Crippen LogP contribution in [-0.4, -0.2) is 5.97 Å². The molecule has 0 saturated carbocycles. The zero-order valence-corrected chi connectivity index (χ0v) is 6.03. The average molecular weight is 153 g/mol. The Bertz CT molecular complexity index is 217. The molecule has 0 aliphatic rings. The smallest absolute Gasteiger partial charge is 0.271 e. The maximum atomic E-state index is 5.20. The van der Waals surface area contributed by atoms with Gasteiger partial charge in [0.25, 0.3) is 5.97 Å². The minimum absolute atomic E-state index is 0.556. The molecule has 0 atom stereocenters. The van der Waals surface area contributed by atoms with Gasteiger partial charge in [0.15, 0.2) is 0 Å². The SMILES string of the molecule is NC(N)(N)Oc1ccccc1. The quantitative estimate of drug-likeness (QED) is 0.502. The summed E-state index contributed by atoms with van der Waals surface area (Å²) in [5.41, 5.74) is 15.6. The van der Waals surface area contributed by atoms with Gasteiger partial charge >= 0.3 is 0 Å². The third-order valence-corrected chi connectivity index (χ3v) is 1.04. The van der Waals surface area contributed by atoms with Gasteiger partial charge in [0, 0.05) is 0 Å². The van der Waals surface area contributed by atoms with E-state index in [1.54, 1.807) is 24.3 Å². The van der Waals surface area contributed by atoms with Crippen LogP contribution in [0.25, 0.3) is 0 Å². The van der Waals surface area contributed by atoms with Crippen molar-refractivity contribution in [1.29, 1.82) is 0 Å². The molecule has 0 unspecified atom stereocenters. The Balaban J connectivity index is 2.66. The summed E-state index contributed by atoms with van der Waals surface area (Å²) in [7, 11) is 0. The number of nitrogens with two attached hydrogens (primary N) is 3. The topological polar surface area (TPSA) is 87.3 Å². The van der Waals surface area contributed by atoms with E-state index < -0.39 is 5.97 Å². The Labute approximate surface area is 64.9 Å². The second kappa shape index (κ2) is 2.87. The zero-order valence-electron chi connectivity index (χ0n) is 6.03. The molecule has 11 heavy (non-hydrogen) atoms. The number of hydrogen-bond acceptors (Lipinski definition) is 4. The summed E-state index contributed by atoms with van der Waals surface area (Å²) in [6.07, 6.45) is 0. The summed E-state index contributed by atoms with van der Waals surface area (Å²) in [4.78, 5) is 0. The molecule has 0 aliphatic heterocycles. The zero-order chi connectivity index (χ0) is 8.32. The van der Waals surface area contributed by atoms with Gasteiger partial charge in [-0.1, -0.05) is 18.2 Å². The van der Waals surface area contributed by atoms with Gasteiger partial charge in [-0.15, -0.1) is 0 Å². The van der Waals surface area contributed by atoms with Gasteiger partial charge in [0.05, 0.1) is 0 Å². The molecule has 0 radical (unpaired) electrons. The Morgan fingerprint density at radius 1 is 1.00 bits per heavy atom. The maximum Gasteiger partial charge on any atom is 0.271 e. The van der Waals surface area contributed by atoms with Crippen molar-refractivity contribution in [2.24, 2.45) is 17.2 Å². The second-order valence-corrected chi connectivity index (χ2v) is 2.27. The van der Waals surface area contributed by atoms with Gasteiger partial charge in [0.1, 0.15) is 5.75 Å². The first-order valence-corrected chi connectivity index (χ1v) is 3.18. The molecular formula is C7H11N3O. The Morgan fingerprint density at radius 3 is 2.00 bits per heavy atom. The van der Waals surface area contributed by atoms with Gasteiger partial charge in [-0.3, -0.25) is 17.2 Å². The number of rotatable bonds is 2. The lowest BCUT2D eigenvalue weighted by Gasteiger charge is -2.19. The first-order chi connectivity index (χ1) is 5.08. The number of hydrogen-bond donors (Lipinski definition) is 3. The van der Waals surface area contributed by atoms with E-state index in [1.165, 1.54) is 0 Å². The normalized spacial score (nSPS) is 11.2. The van der Waals surface area contributed by atoms with Crippen molar-refractivity contribution in [1.82, 2.24) is 0 Å². The molecule has 0 fully saturated rings. The van der Waals surface area contributed by atoms with Crippen LogP contribution in [0.3, 0.4) is 0 Å². The summed E-state index contributed by atoms with van der Waals surface area (Å²) in [5, 5.41) is 0. The predicted molar refractivity (Wildman–Crippen MR) is 42.4 cm³/mol. The van der Waals surface area contributed by atoms with Gasteiger partial charge in [-0.05, 0) is 12.1 Å². The molecule has 4 nitrogen and oxygen atoms in total. The van der Waals surface area contributed by atoms with Crippen molar-refractivity contribution in [3.63, 3.8) is 0 Å². The highest BCUT2D eigenvalue weighted by molar-refractivity contribution is 5.21. The monoisotopic (exact) mass is 153 g/mol. The fraction of sp³-hybridized carbons (Fsp3) is 0.143. The standard InChI is InChI=1S/C7H11N3O/c8-7(9,10)11-6-4-2-1-3-5-6/h1-5H,8-10H2. The average Bonchev–Trinajstić information content (AvgIpc) is 1.85. The maximum absolute atomic E-state index is 5.20. The molecule has 0 amide bonds. The van der Waals surface area contributed by atoms with Crippen LogP contribution in [0.2, 0.25) is 0 Å². The predicted octanol–water partition coefficient (Wildman–Crippen LogP) is -0.447. The van der Waals surface area contributed by atoms with Gasteiger partial charge in [0.2, 0.25) is 0 Å². The molecule has 0 spiro atoms. The van der Waals surface area contributed by atoms with Crippen LogP contribution in [0.1, 0.15) is 0 Å². The van der Waals surface area contributed by atoms with Crippen molar-refractivity contribution < 1.29 is 4.74 Å². The number of benzene rings is 1. The van der Waals surface area contributed by atoms with E-state index in [0.29, 0.717) is 5.75 Å². The molecule has 0 bridgehead atoms. The van der Waals surface area contributed by atoms with E-state index >= 15 is 0 Å². The van der Waals surface area contributed by atoms with Crippen molar-refractivity contribution >= 4 is 0 Å². The fourth-order valence-corrected chi connectivity index (χ4v) is 0.693. The van der Waals surface area contributed by atoms with Crippen LogP contribution in [-0.2, 0) is 0 Å². The fourth-order valence-electron chi connectivity index (χ4n) is 0.693. The highest BCUT2D eigenvalue weighted by Gasteiger charge is 2.12. The minimum Gasteiger partial charge on any atom is -0.447 e. The van der Waals surface area contributed by atoms with E-state index in [-0.39, 0.29) is 0 Å². The molecular weight excluding hydrogens is 142 g/mol. The summed E-state index contributed by atoms with van der Waals surface area (Å²) >= 11 is 0. The molecule has 1 rings (SSSR count). The molecule has 60 valence electrons. The van der Waals surface area contributed by atoms with E-state index in [4.69, 9.17) is 21.9 Å². The Hall–Kier alpha value is -1.10. The molecule has 0 aliphatic carbocycles. The third-order valence-electron chi connectivity index (χ3n) is 1.04. The Morgan fingerprint density at radius 2 is 1.55 bits per heavy atom. The van der Waals surface area contributed by atoms with Crippen molar-refractivity contribution in [3.05, 3.63) is 30.3 Å². The summed E-state index contributed by atoms with van der Waals surface area (Å²) in [6, 6.07) is 8.92. The molecule has 0 aromatic heterocycles. The van der Waals surface area contributed by atoms with E-state index in [1.807, 2.05) is 6.07 Å². The van der Waals surface area contributed by atoms with Crippen LogP contribution in [0.5, 0.6) is 5.75 Å². The van der Waals surface area contributed by atoms with Crippen molar-refractivity contribution in [2.45, 2.75) is 5.97 Å². The lowest BCUT2D eigenvalue weighted by molar-refractivity contribution is 0.0902. The molecule has 6 N–H and O–H groups in total. The van der Waals surface area contributed by atoms with E-state index in [9.17, 15) is 0 Å². The van der Waals surface area contributed by atoms with Crippen LogP contribution < -0.4 is 21.9 Å². The van der Waals surface area contributed by atoms with Crippen molar-refractivity contribution in [3.8, 4) is 5.75 Å². The van der Waals surface area contributed by atoms with Gasteiger partial charge < -0.3 is 4.74 Å². The van der Waals surface area contributed by atoms with E-state index in [2.05, 4.69) is 0 Å². The molecule has 1 aromatic carbocycles. The summed E-state index contributed by atoms with van der Waals surface area (Å²) in [6.45, 7) is 0. The largest absolute Gasteiger partial charge is 0.447 e. The number of para-hydroxylation sites is 1. The number of ether oxygens (including phenoxy) is 1.